The summed E-state index contributed by atoms with van der Waals surface area (Å²) in [5, 5.41) is 3.97. The highest BCUT2D eigenvalue weighted by molar-refractivity contribution is 6.30. The SMILES string of the molecule is O=C(NCC1CCN(Cc2cccc(Cl)c2)CC1)[C@H](Cc1ccccc1)N1Cc2ccccc2C1=O. The van der Waals surface area contributed by atoms with Crippen molar-refractivity contribution in [1.29, 1.82) is 0 Å². The van der Waals surface area contributed by atoms with Gasteiger partial charge in [-0.1, -0.05) is 72.3 Å². The van der Waals surface area contributed by atoms with Crippen LogP contribution in [-0.4, -0.2) is 47.3 Å². The Balaban J connectivity index is 1.19. The van der Waals surface area contributed by atoms with Crippen LogP contribution in [0.25, 0.3) is 0 Å². The standard InChI is InChI=1S/C30H32ClN3O2/c31-26-11-6-9-24(17-26)20-33-15-13-23(14-16-33)19-32-29(35)28(18-22-7-2-1-3-8-22)34-21-25-10-4-5-12-27(25)30(34)36/h1-12,17,23,28H,13-16,18-21H2,(H,32,35)/t28-/m0/s1. The lowest BCUT2D eigenvalue weighted by Crippen LogP contribution is -2.49. The largest absolute Gasteiger partial charge is 0.354 e. The van der Waals surface area contributed by atoms with Crippen molar-refractivity contribution in [2.24, 2.45) is 5.92 Å². The van der Waals surface area contributed by atoms with Crippen LogP contribution < -0.4 is 5.32 Å². The molecular formula is C30H32ClN3O2. The number of hydrogen-bond donors (Lipinski definition) is 1. The van der Waals surface area contributed by atoms with E-state index in [2.05, 4.69) is 16.3 Å². The number of likely N-dealkylation sites (tertiary alicyclic amines) is 1. The van der Waals surface area contributed by atoms with Gasteiger partial charge in [0, 0.05) is 36.6 Å². The summed E-state index contributed by atoms with van der Waals surface area (Å²) < 4.78 is 0. The van der Waals surface area contributed by atoms with Gasteiger partial charge in [-0.3, -0.25) is 14.5 Å². The summed E-state index contributed by atoms with van der Waals surface area (Å²) in [5.74, 6) is 0.311. The number of fused-ring (bicyclic) bond motifs is 1. The molecular weight excluding hydrogens is 470 g/mol. The summed E-state index contributed by atoms with van der Waals surface area (Å²) in [6.45, 7) is 4.02. The highest BCUT2D eigenvalue weighted by Gasteiger charge is 2.36. The summed E-state index contributed by atoms with van der Waals surface area (Å²) in [5.41, 5.74) is 3.97. The zero-order valence-corrected chi connectivity index (χ0v) is 21.2. The van der Waals surface area contributed by atoms with Crippen LogP contribution in [-0.2, 0) is 24.3 Å². The second-order valence-electron chi connectivity index (χ2n) is 9.89. The van der Waals surface area contributed by atoms with Gasteiger partial charge in [-0.05, 0) is 66.7 Å². The average Bonchev–Trinajstić information content (AvgIpc) is 3.23. The molecule has 5 rings (SSSR count). The minimum Gasteiger partial charge on any atom is -0.354 e. The zero-order chi connectivity index (χ0) is 24.9. The second kappa shape index (κ2) is 11.3. The molecule has 186 valence electrons. The monoisotopic (exact) mass is 501 g/mol. The maximum atomic E-state index is 13.5. The first-order valence-electron chi connectivity index (χ1n) is 12.7. The van der Waals surface area contributed by atoms with Crippen molar-refractivity contribution >= 4 is 23.4 Å². The molecule has 1 N–H and O–H groups in total. The fraction of sp³-hybridized carbons (Fsp3) is 0.333. The minimum absolute atomic E-state index is 0.0593. The molecule has 0 aromatic heterocycles. The molecule has 2 heterocycles. The van der Waals surface area contributed by atoms with Crippen molar-refractivity contribution in [3.05, 3.63) is 106 Å². The Hall–Kier alpha value is -3.15. The number of hydrogen-bond acceptors (Lipinski definition) is 3. The molecule has 2 aliphatic rings. The van der Waals surface area contributed by atoms with Crippen molar-refractivity contribution in [2.75, 3.05) is 19.6 Å². The number of nitrogens with one attached hydrogen (secondary N) is 1. The summed E-state index contributed by atoms with van der Waals surface area (Å²) in [6.07, 6.45) is 2.58. The molecule has 0 aliphatic carbocycles. The Bertz CT molecular complexity index is 1210. The number of rotatable bonds is 8. The molecule has 2 amide bonds. The molecule has 0 radical (unpaired) electrons. The molecule has 1 saturated heterocycles. The van der Waals surface area contributed by atoms with E-state index in [1.807, 2.05) is 72.8 Å². The Morgan fingerprint density at radius 3 is 2.42 bits per heavy atom. The van der Waals surface area contributed by atoms with Crippen LogP contribution in [0.3, 0.4) is 0 Å². The normalized spacial score (nSPS) is 17.1. The molecule has 0 saturated carbocycles. The number of piperidine rings is 1. The third kappa shape index (κ3) is 5.80. The van der Waals surface area contributed by atoms with E-state index in [1.54, 1.807) is 4.90 Å². The Kier molecular flexibility index (Phi) is 7.69. The fourth-order valence-electron chi connectivity index (χ4n) is 5.32. The van der Waals surface area contributed by atoms with Crippen molar-refractivity contribution in [3.63, 3.8) is 0 Å². The molecule has 3 aromatic rings. The zero-order valence-electron chi connectivity index (χ0n) is 20.4. The Morgan fingerprint density at radius 1 is 0.944 bits per heavy atom. The third-order valence-electron chi connectivity index (χ3n) is 7.37. The predicted octanol–water partition coefficient (Wildman–Crippen LogP) is 4.94. The van der Waals surface area contributed by atoms with Crippen molar-refractivity contribution in [1.82, 2.24) is 15.1 Å². The topological polar surface area (TPSA) is 52.7 Å². The summed E-state index contributed by atoms with van der Waals surface area (Å²) in [7, 11) is 0. The van der Waals surface area contributed by atoms with Crippen LogP contribution in [0.5, 0.6) is 0 Å². The summed E-state index contributed by atoms with van der Waals surface area (Å²) >= 11 is 6.13. The van der Waals surface area contributed by atoms with Gasteiger partial charge in [0.1, 0.15) is 6.04 Å². The lowest BCUT2D eigenvalue weighted by molar-refractivity contribution is -0.126. The van der Waals surface area contributed by atoms with Crippen molar-refractivity contribution in [2.45, 2.75) is 38.4 Å². The number of halogens is 1. The molecule has 5 nitrogen and oxygen atoms in total. The number of nitrogens with zero attached hydrogens (tertiary/aromatic N) is 2. The van der Waals surface area contributed by atoms with Crippen LogP contribution in [0.4, 0.5) is 0 Å². The van der Waals surface area contributed by atoms with Gasteiger partial charge in [0.05, 0.1) is 0 Å². The number of benzene rings is 3. The van der Waals surface area contributed by atoms with Crippen LogP contribution in [0.2, 0.25) is 5.02 Å². The van der Waals surface area contributed by atoms with E-state index in [0.717, 1.165) is 48.6 Å². The van der Waals surface area contributed by atoms with Gasteiger partial charge in [-0.25, -0.2) is 0 Å². The molecule has 1 fully saturated rings. The van der Waals surface area contributed by atoms with Gasteiger partial charge in [0.25, 0.3) is 5.91 Å². The van der Waals surface area contributed by atoms with E-state index in [0.29, 0.717) is 31.0 Å². The van der Waals surface area contributed by atoms with Gasteiger partial charge in [0.2, 0.25) is 5.91 Å². The van der Waals surface area contributed by atoms with Gasteiger partial charge in [-0.15, -0.1) is 0 Å². The maximum Gasteiger partial charge on any atom is 0.255 e. The van der Waals surface area contributed by atoms with Gasteiger partial charge >= 0.3 is 0 Å². The summed E-state index contributed by atoms with van der Waals surface area (Å²) in [6, 6.07) is 25.1. The molecule has 2 aliphatic heterocycles. The highest BCUT2D eigenvalue weighted by Crippen LogP contribution is 2.26. The molecule has 0 unspecified atom stereocenters. The van der Waals surface area contributed by atoms with E-state index in [-0.39, 0.29) is 11.8 Å². The molecule has 0 spiro atoms. The van der Waals surface area contributed by atoms with Gasteiger partial charge in [-0.2, -0.15) is 0 Å². The third-order valence-corrected chi connectivity index (χ3v) is 7.60. The first kappa shape index (κ1) is 24.5. The van der Waals surface area contributed by atoms with E-state index < -0.39 is 6.04 Å². The smallest absolute Gasteiger partial charge is 0.255 e. The first-order chi connectivity index (χ1) is 17.6. The maximum absolute atomic E-state index is 13.5. The quantitative estimate of drug-likeness (QED) is 0.476. The van der Waals surface area contributed by atoms with E-state index in [4.69, 9.17) is 11.6 Å². The molecule has 0 bridgehead atoms. The minimum atomic E-state index is -0.532. The molecule has 36 heavy (non-hydrogen) atoms. The predicted molar refractivity (Wildman–Crippen MR) is 143 cm³/mol. The molecule has 3 aromatic carbocycles. The van der Waals surface area contributed by atoms with E-state index >= 15 is 0 Å². The highest BCUT2D eigenvalue weighted by atomic mass is 35.5. The second-order valence-corrected chi connectivity index (χ2v) is 10.3. The lowest BCUT2D eigenvalue weighted by Gasteiger charge is -2.33. The van der Waals surface area contributed by atoms with Crippen LogP contribution in [0.1, 0.15) is 39.9 Å². The van der Waals surface area contributed by atoms with Crippen LogP contribution in [0.15, 0.2) is 78.9 Å². The van der Waals surface area contributed by atoms with Crippen molar-refractivity contribution < 1.29 is 9.59 Å². The Labute approximate surface area is 218 Å². The number of amides is 2. The van der Waals surface area contributed by atoms with Gasteiger partial charge < -0.3 is 10.2 Å². The number of carbonyl (C=O) groups excluding carboxylic acids is 2. The molecule has 1 atom stereocenters. The van der Waals surface area contributed by atoms with E-state index in [1.165, 1.54) is 5.56 Å². The van der Waals surface area contributed by atoms with Crippen LogP contribution >= 0.6 is 11.6 Å². The average molecular weight is 502 g/mol. The first-order valence-corrected chi connectivity index (χ1v) is 13.1. The van der Waals surface area contributed by atoms with Crippen molar-refractivity contribution in [3.8, 4) is 0 Å². The summed E-state index contributed by atoms with van der Waals surface area (Å²) in [4.78, 5) is 30.8. The van der Waals surface area contributed by atoms with Crippen LogP contribution in [0, 0.1) is 5.92 Å². The van der Waals surface area contributed by atoms with E-state index in [9.17, 15) is 9.59 Å². The fourth-order valence-corrected chi connectivity index (χ4v) is 5.53. The lowest BCUT2D eigenvalue weighted by atomic mass is 9.96. The van der Waals surface area contributed by atoms with Gasteiger partial charge in [0.15, 0.2) is 0 Å². The number of carbonyl (C=O) groups is 2. The Morgan fingerprint density at radius 2 is 1.67 bits per heavy atom. The molecule has 6 heteroatoms.